The second kappa shape index (κ2) is 7.84. The van der Waals surface area contributed by atoms with Crippen LogP contribution in [0.5, 0.6) is 0 Å². The minimum absolute atomic E-state index is 0. The van der Waals surface area contributed by atoms with E-state index in [0.29, 0.717) is 0 Å². The number of benzene rings is 1. The molecule has 0 saturated heterocycles. The van der Waals surface area contributed by atoms with Gasteiger partial charge in [0, 0.05) is 0 Å². The normalized spacial score (nSPS) is 9.60. The Morgan fingerprint density at radius 2 is 0.850 bits per heavy atom. The molecule has 0 atom stereocenters. The molecule has 0 bridgehead atoms. The van der Waals surface area contributed by atoms with E-state index in [2.05, 4.69) is 73.6 Å². The zero-order valence-corrected chi connectivity index (χ0v) is 15.8. The van der Waals surface area contributed by atoms with Crippen molar-refractivity contribution in [3.8, 4) is 0 Å². The van der Waals surface area contributed by atoms with Crippen molar-refractivity contribution in [3.05, 3.63) is 62.7 Å². The summed E-state index contributed by atoms with van der Waals surface area (Å²) in [6, 6.07) is 6.56. The molecule has 0 unspecified atom stereocenters. The zero-order valence-electron chi connectivity index (χ0n) is 14.1. The predicted molar refractivity (Wildman–Crippen MR) is 86.4 cm³/mol. The molecule has 1 heteroatoms. The van der Waals surface area contributed by atoms with Crippen molar-refractivity contribution >= 4 is 0 Å². The van der Waals surface area contributed by atoms with Crippen LogP contribution in [0.1, 0.15) is 44.5 Å². The van der Waals surface area contributed by atoms with Crippen LogP contribution in [0.15, 0.2) is 18.2 Å². The average molecular weight is 356 g/mol. The fourth-order valence-electron chi connectivity index (χ4n) is 2.61. The van der Waals surface area contributed by atoms with Crippen molar-refractivity contribution in [2.75, 3.05) is 0 Å². The van der Waals surface area contributed by atoms with Crippen LogP contribution >= 0.6 is 0 Å². The Morgan fingerprint density at radius 1 is 0.600 bits per heavy atom. The van der Waals surface area contributed by atoms with Gasteiger partial charge in [0.15, 0.2) is 0 Å². The second-order valence-corrected chi connectivity index (χ2v) is 5.79. The van der Waals surface area contributed by atoms with Crippen LogP contribution < -0.4 is 0 Å². The summed E-state index contributed by atoms with van der Waals surface area (Å²) in [7, 11) is 0. The molecule has 2 aromatic carbocycles. The van der Waals surface area contributed by atoms with Gasteiger partial charge in [0.25, 0.3) is 0 Å². The molecule has 0 heterocycles. The van der Waals surface area contributed by atoms with Gasteiger partial charge in [-0.25, -0.2) is 0 Å². The molecule has 0 spiro atoms. The van der Waals surface area contributed by atoms with E-state index in [9.17, 15) is 0 Å². The summed E-state index contributed by atoms with van der Waals surface area (Å²) >= 11 is 0. The van der Waals surface area contributed by atoms with Crippen molar-refractivity contribution in [2.45, 2.75) is 55.4 Å². The molecule has 0 amide bonds. The Bertz CT molecular complexity index is 443. The Hall–Kier alpha value is -0.807. The van der Waals surface area contributed by atoms with Gasteiger partial charge in [-0.2, -0.15) is 27.8 Å². The maximum atomic E-state index is 2.20. The van der Waals surface area contributed by atoms with E-state index >= 15 is 0 Å². The minimum atomic E-state index is 0. The Kier molecular flexibility index (Phi) is 7.52. The van der Waals surface area contributed by atoms with Gasteiger partial charge in [-0.15, -0.1) is 0 Å². The van der Waals surface area contributed by atoms with E-state index in [4.69, 9.17) is 0 Å². The first-order valence-electron chi connectivity index (χ1n) is 6.98. The largest absolute Gasteiger partial charge is 1.00 e. The monoisotopic (exact) mass is 357 g/mol. The Morgan fingerprint density at radius 3 is 1.00 bits per heavy atom. The standard InChI is InChI=1S/C10H15.C9H12.Ru/c1-6-7(2)9(4)10(5)8(6)3;1-7-4-8(2)6-9(3)5-7;/h1-5H3;4-6H,1-3H3;/q-1;;+1. The third kappa shape index (κ3) is 4.63. The number of rotatable bonds is 0. The number of hydrogen-bond acceptors (Lipinski definition) is 0. The van der Waals surface area contributed by atoms with Crippen LogP contribution in [0.4, 0.5) is 0 Å². The Balaban J connectivity index is 0.000000345. The van der Waals surface area contributed by atoms with E-state index < -0.39 is 0 Å². The first-order valence-corrected chi connectivity index (χ1v) is 6.98. The summed E-state index contributed by atoms with van der Waals surface area (Å²) in [5.74, 6) is 0. The maximum absolute atomic E-state index is 2.20. The van der Waals surface area contributed by atoms with Crippen molar-refractivity contribution in [1.29, 1.82) is 0 Å². The van der Waals surface area contributed by atoms with Crippen molar-refractivity contribution in [3.63, 3.8) is 0 Å². The van der Waals surface area contributed by atoms with Gasteiger partial charge >= 0.3 is 19.5 Å². The van der Waals surface area contributed by atoms with Crippen LogP contribution in [0.2, 0.25) is 0 Å². The van der Waals surface area contributed by atoms with Crippen LogP contribution in [0.25, 0.3) is 0 Å². The van der Waals surface area contributed by atoms with E-state index in [1.165, 1.54) is 44.5 Å². The third-order valence-electron chi connectivity index (χ3n) is 4.18. The topological polar surface area (TPSA) is 0 Å². The van der Waals surface area contributed by atoms with Crippen LogP contribution in [-0.4, -0.2) is 0 Å². The smallest absolute Gasteiger partial charge is 0.196 e. The average Bonchev–Trinajstić information content (AvgIpc) is 2.47. The van der Waals surface area contributed by atoms with Crippen LogP contribution in [0.3, 0.4) is 0 Å². The van der Waals surface area contributed by atoms with Gasteiger partial charge < -0.3 is 0 Å². The molecular formula is C19H27Ru. The SMILES string of the molecule is Cc1c(C)c(C)[c-](C)c1C.Cc1cc(C)cc(C)c1.[Ru+]. The van der Waals surface area contributed by atoms with Crippen molar-refractivity contribution < 1.29 is 19.5 Å². The fraction of sp³-hybridized carbons (Fsp3) is 0.421. The summed E-state index contributed by atoms with van der Waals surface area (Å²) in [5, 5.41) is 0. The van der Waals surface area contributed by atoms with Gasteiger partial charge in [0.2, 0.25) is 0 Å². The summed E-state index contributed by atoms with van der Waals surface area (Å²) in [4.78, 5) is 0. The summed E-state index contributed by atoms with van der Waals surface area (Å²) in [5.41, 5.74) is 11.4. The maximum Gasteiger partial charge on any atom is 1.00 e. The van der Waals surface area contributed by atoms with Gasteiger partial charge in [-0.05, 0) is 20.8 Å². The van der Waals surface area contributed by atoms with Gasteiger partial charge in [-0.1, -0.05) is 69.5 Å². The molecule has 111 valence electrons. The molecular weight excluding hydrogens is 329 g/mol. The first-order chi connectivity index (χ1) is 8.73. The number of hydrogen-bond donors (Lipinski definition) is 0. The molecule has 0 fully saturated rings. The summed E-state index contributed by atoms with van der Waals surface area (Å²) in [6.45, 7) is 17.4. The van der Waals surface area contributed by atoms with E-state index in [1.807, 2.05) is 0 Å². The Labute approximate surface area is 137 Å². The molecule has 0 aliphatic rings. The van der Waals surface area contributed by atoms with Gasteiger partial charge in [0.05, 0.1) is 0 Å². The van der Waals surface area contributed by atoms with E-state index in [1.54, 1.807) is 0 Å². The molecule has 1 radical (unpaired) electrons. The van der Waals surface area contributed by atoms with Crippen LogP contribution in [-0.2, 0) is 19.5 Å². The van der Waals surface area contributed by atoms with Crippen molar-refractivity contribution in [1.82, 2.24) is 0 Å². The van der Waals surface area contributed by atoms with Crippen molar-refractivity contribution in [2.24, 2.45) is 0 Å². The minimum Gasteiger partial charge on any atom is -0.196 e. The molecule has 0 aromatic heterocycles. The van der Waals surface area contributed by atoms with Crippen LogP contribution in [0, 0.1) is 55.4 Å². The molecule has 0 aliphatic heterocycles. The molecule has 0 saturated carbocycles. The fourth-order valence-corrected chi connectivity index (χ4v) is 2.61. The first kappa shape index (κ1) is 19.2. The molecule has 2 rings (SSSR count). The zero-order chi connectivity index (χ0) is 14.7. The van der Waals surface area contributed by atoms with E-state index in [0.717, 1.165) is 0 Å². The quantitative estimate of drug-likeness (QED) is 0.428. The third-order valence-corrected chi connectivity index (χ3v) is 4.18. The second-order valence-electron chi connectivity index (χ2n) is 5.79. The van der Waals surface area contributed by atoms with Gasteiger partial charge in [0.1, 0.15) is 0 Å². The predicted octanol–water partition coefficient (Wildman–Crippen LogP) is 5.56. The van der Waals surface area contributed by atoms with Gasteiger partial charge in [-0.3, -0.25) is 0 Å². The van der Waals surface area contributed by atoms with E-state index in [-0.39, 0.29) is 19.5 Å². The molecule has 0 N–H and O–H groups in total. The summed E-state index contributed by atoms with van der Waals surface area (Å²) in [6.07, 6.45) is 0. The molecule has 0 aliphatic carbocycles. The summed E-state index contributed by atoms with van der Waals surface area (Å²) < 4.78 is 0. The molecule has 2 aromatic rings. The molecule has 20 heavy (non-hydrogen) atoms. The molecule has 0 nitrogen and oxygen atoms in total. The number of aryl methyl sites for hydroxylation is 3.